The minimum atomic E-state index is -0.252. The number of hydrogen-bond acceptors (Lipinski definition) is 4. The second-order valence-electron chi connectivity index (χ2n) is 6.95. The number of anilines is 1. The first-order valence-electron chi connectivity index (χ1n) is 9.15. The molecular formula is C20H25FN4O. The lowest BCUT2D eigenvalue weighted by Crippen LogP contribution is -2.35. The zero-order chi connectivity index (χ0) is 18.5. The third kappa shape index (κ3) is 4.56. The Morgan fingerprint density at radius 3 is 2.92 bits per heavy atom. The number of piperidine rings is 1. The van der Waals surface area contributed by atoms with Crippen LogP contribution in [0.25, 0.3) is 0 Å². The summed E-state index contributed by atoms with van der Waals surface area (Å²) in [6, 6.07) is 8.36. The molecule has 2 aromatic rings. The summed E-state index contributed by atoms with van der Waals surface area (Å²) in [4.78, 5) is 23.4. The highest BCUT2D eigenvalue weighted by Crippen LogP contribution is 2.21. The van der Waals surface area contributed by atoms with E-state index in [1.807, 2.05) is 0 Å². The molecule has 0 aliphatic carbocycles. The second kappa shape index (κ2) is 8.25. The number of benzene rings is 1. The molecule has 26 heavy (non-hydrogen) atoms. The zero-order valence-corrected chi connectivity index (χ0v) is 15.3. The normalized spacial score (nSPS) is 17.2. The molecule has 1 N–H and O–H groups in total. The second-order valence-corrected chi connectivity index (χ2v) is 6.95. The van der Waals surface area contributed by atoms with E-state index in [0.717, 1.165) is 25.3 Å². The van der Waals surface area contributed by atoms with Gasteiger partial charge in [0, 0.05) is 25.7 Å². The predicted molar refractivity (Wildman–Crippen MR) is 99.8 cm³/mol. The van der Waals surface area contributed by atoms with Crippen molar-refractivity contribution < 1.29 is 9.18 Å². The number of rotatable bonds is 5. The van der Waals surface area contributed by atoms with E-state index in [-0.39, 0.29) is 11.7 Å². The Morgan fingerprint density at radius 1 is 1.35 bits per heavy atom. The van der Waals surface area contributed by atoms with Crippen LogP contribution in [0.2, 0.25) is 0 Å². The van der Waals surface area contributed by atoms with E-state index in [2.05, 4.69) is 27.1 Å². The molecule has 1 saturated heterocycles. The first-order chi connectivity index (χ1) is 12.5. The Balaban J connectivity index is 1.64. The van der Waals surface area contributed by atoms with Gasteiger partial charge < -0.3 is 10.2 Å². The van der Waals surface area contributed by atoms with Crippen LogP contribution in [-0.4, -0.2) is 35.5 Å². The molecule has 0 radical (unpaired) electrons. The molecule has 1 aromatic carbocycles. The van der Waals surface area contributed by atoms with Gasteiger partial charge in [0.05, 0.1) is 0 Å². The van der Waals surface area contributed by atoms with Crippen LogP contribution < -0.4 is 10.2 Å². The van der Waals surface area contributed by atoms with Crippen LogP contribution in [0.1, 0.15) is 41.6 Å². The average Bonchev–Trinajstić information content (AvgIpc) is 2.62. The number of hydrogen-bond donors (Lipinski definition) is 1. The molecule has 3 rings (SSSR count). The average molecular weight is 356 g/mol. The molecule has 0 spiro atoms. The number of nitrogens with one attached hydrogen (secondary N) is 1. The van der Waals surface area contributed by atoms with Crippen molar-refractivity contribution in [3.05, 3.63) is 53.2 Å². The van der Waals surface area contributed by atoms with Crippen LogP contribution in [0, 0.1) is 18.7 Å². The summed E-state index contributed by atoms with van der Waals surface area (Å²) in [5, 5.41) is 2.83. The van der Waals surface area contributed by atoms with E-state index in [0.29, 0.717) is 36.0 Å². The summed E-state index contributed by atoms with van der Waals surface area (Å²) in [6.45, 7) is 6.29. The highest BCUT2D eigenvalue weighted by atomic mass is 19.1. The smallest absolute Gasteiger partial charge is 0.270 e. The summed E-state index contributed by atoms with van der Waals surface area (Å²) >= 11 is 0. The fourth-order valence-electron chi connectivity index (χ4n) is 3.33. The van der Waals surface area contributed by atoms with Gasteiger partial charge in [-0.15, -0.1) is 0 Å². The van der Waals surface area contributed by atoms with Gasteiger partial charge in [-0.25, -0.2) is 14.4 Å². The maximum absolute atomic E-state index is 13.6. The van der Waals surface area contributed by atoms with Crippen molar-refractivity contribution in [3.63, 3.8) is 0 Å². The van der Waals surface area contributed by atoms with Gasteiger partial charge in [0.2, 0.25) is 0 Å². The van der Waals surface area contributed by atoms with Crippen LogP contribution in [0.4, 0.5) is 10.2 Å². The Bertz CT molecular complexity index is 780. The van der Waals surface area contributed by atoms with E-state index in [1.54, 1.807) is 31.2 Å². The van der Waals surface area contributed by atoms with Crippen molar-refractivity contribution in [2.75, 3.05) is 24.5 Å². The maximum atomic E-state index is 13.6. The zero-order valence-electron chi connectivity index (χ0n) is 15.3. The van der Waals surface area contributed by atoms with Crippen molar-refractivity contribution in [3.8, 4) is 0 Å². The van der Waals surface area contributed by atoms with Gasteiger partial charge in [-0.2, -0.15) is 0 Å². The van der Waals surface area contributed by atoms with E-state index < -0.39 is 0 Å². The van der Waals surface area contributed by atoms with Gasteiger partial charge in [-0.1, -0.05) is 25.1 Å². The third-order valence-corrected chi connectivity index (χ3v) is 4.68. The third-order valence-electron chi connectivity index (χ3n) is 4.68. The standard InChI is InChI=1S/C20H25FN4O/c1-14-6-5-11-25(13-14)19-12-18(23-15(2)24-19)20(26)22-10-9-16-7-3-4-8-17(16)21/h3-4,7-8,12,14H,5-6,9-11,13H2,1-2H3,(H,22,26). The van der Waals surface area contributed by atoms with Gasteiger partial charge in [0.1, 0.15) is 23.2 Å². The van der Waals surface area contributed by atoms with E-state index in [9.17, 15) is 9.18 Å². The SMILES string of the molecule is Cc1nc(C(=O)NCCc2ccccc2F)cc(N2CCCC(C)C2)n1. The highest BCUT2D eigenvalue weighted by molar-refractivity contribution is 5.92. The Kier molecular flexibility index (Phi) is 5.81. The van der Waals surface area contributed by atoms with Crippen LogP contribution in [-0.2, 0) is 6.42 Å². The fourth-order valence-corrected chi connectivity index (χ4v) is 3.33. The molecule has 0 bridgehead atoms. The molecule has 1 aromatic heterocycles. The molecule has 1 unspecified atom stereocenters. The van der Waals surface area contributed by atoms with Gasteiger partial charge in [-0.3, -0.25) is 4.79 Å². The van der Waals surface area contributed by atoms with Crippen molar-refractivity contribution in [1.82, 2.24) is 15.3 Å². The topological polar surface area (TPSA) is 58.1 Å². The molecule has 1 aliphatic heterocycles. The van der Waals surface area contributed by atoms with Gasteiger partial charge in [0.25, 0.3) is 5.91 Å². The number of nitrogens with zero attached hydrogens (tertiary/aromatic N) is 3. The molecule has 0 saturated carbocycles. The Labute approximate surface area is 153 Å². The highest BCUT2D eigenvalue weighted by Gasteiger charge is 2.20. The number of carbonyl (C=O) groups is 1. The molecule has 138 valence electrons. The van der Waals surface area contributed by atoms with Gasteiger partial charge >= 0.3 is 0 Å². The van der Waals surface area contributed by atoms with Crippen LogP contribution >= 0.6 is 0 Å². The summed E-state index contributed by atoms with van der Waals surface area (Å²) < 4.78 is 13.6. The van der Waals surface area contributed by atoms with Crippen molar-refractivity contribution in [1.29, 1.82) is 0 Å². The van der Waals surface area contributed by atoms with Gasteiger partial charge in [0.15, 0.2) is 0 Å². The number of amides is 1. The lowest BCUT2D eigenvalue weighted by Gasteiger charge is -2.32. The molecular weight excluding hydrogens is 331 g/mol. The maximum Gasteiger partial charge on any atom is 0.270 e. The molecule has 2 heterocycles. The molecule has 1 amide bonds. The van der Waals surface area contributed by atoms with Gasteiger partial charge in [-0.05, 0) is 43.7 Å². The van der Waals surface area contributed by atoms with Crippen LogP contribution in [0.3, 0.4) is 0 Å². The number of carbonyl (C=O) groups excluding carboxylic acids is 1. The summed E-state index contributed by atoms with van der Waals surface area (Å²) in [5.74, 6) is 1.51. The lowest BCUT2D eigenvalue weighted by atomic mass is 10.0. The largest absolute Gasteiger partial charge is 0.356 e. The van der Waals surface area contributed by atoms with E-state index >= 15 is 0 Å². The number of aryl methyl sites for hydroxylation is 1. The van der Waals surface area contributed by atoms with Crippen molar-refractivity contribution in [2.24, 2.45) is 5.92 Å². The van der Waals surface area contributed by atoms with Crippen molar-refractivity contribution in [2.45, 2.75) is 33.1 Å². The quantitative estimate of drug-likeness (QED) is 0.894. The van der Waals surface area contributed by atoms with E-state index in [1.165, 1.54) is 12.5 Å². The molecule has 1 atom stereocenters. The van der Waals surface area contributed by atoms with Crippen LogP contribution in [0.5, 0.6) is 0 Å². The predicted octanol–water partition coefficient (Wildman–Crippen LogP) is 3.13. The molecule has 6 heteroatoms. The monoisotopic (exact) mass is 356 g/mol. The van der Waals surface area contributed by atoms with E-state index in [4.69, 9.17) is 0 Å². The number of aromatic nitrogens is 2. The summed E-state index contributed by atoms with van der Waals surface area (Å²) in [6.07, 6.45) is 2.80. The summed E-state index contributed by atoms with van der Waals surface area (Å²) in [5.41, 5.74) is 0.953. The van der Waals surface area contributed by atoms with Crippen LogP contribution in [0.15, 0.2) is 30.3 Å². The minimum absolute atomic E-state index is 0.249. The minimum Gasteiger partial charge on any atom is -0.356 e. The molecule has 1 aliphatic rings. The number of halogens is 1. The molecule has 1 fully saturated rings. The Morgan fingerprint density at radius 2 is 2.15 bits per heavy atom. The first kappa shape index (κ1) is 18.3. The fraction of sp³-hybridized carbons (Fsp3) is 0.450. The summed E-state index contributed by atoms with van der Waals surface area (Å²) in [7, 11) is 0. The van der Waals surface area contributed by atoms with Crippen molar-refractivity contribution >= 4 is 11.7 Å². The molecule has 5 nitrogen and oxygen atoms in total. The lowest BCUT2D eigenvalue weighted by molar-refractivity contribution is 0.0948. The first-order valence-corrected chi connectivity index (χ1v) is 9.15. The Hall–Kier alpha value is -2.50.